The van der Waals surface area contributed by atoms with Gasteiger partial charge in [0.2, 0.25) is 0 Å². The second-order valence-corrected chi connectivity index (χ2v) is 6.12. The summed E-state index contributed by atoms with van der Waals surface area (Å²) < 4.78 is 9.98. The number of carboxylic acid groups (broad SMARTS) is 3. The van der Waals surface area contributed by atoms with E-state index in [0.717, 1.165) is 7.11 Å². The first-order chi connectivity index (χ1) is 10.7. The third-order valence-electron chi connectivity index (χ3n) is 3.77. The van der Waals surface area contributed by atoms with Crippen molar-refractivity contribution in [1.29, 1.82) is 0 Å². The first-order valence-electron chi connectivity index (χ1n) is 6.70. The van der Waals surface area contributed by atoms with Crippen LogP contribution in [0.25, 0.3) is 0 Å². The highest BCUT2D eigenvalue weighted by molar-refractivity contribution is 9.09. The maximum Gasteiger partial charge on any atom is 0.335 e. The van der Waals surface area contributed by atoms with E-state index in [-0.39, 0.29) is 0 Å². The molecule has 0 aliphatic carbocycles. The van der Waals surface area contributed by atoms with E-state index in [0.29, 0.717) is 0 Å². The van der Waals surface area contributed by atoms with E-state index in [1.54, 1.807) is 0 Å². The number of methoxy groups -OCH3 is 1. The Labute approximate surface area is 139 Å². The minimum atomic E-state index is -1.28. The number of carbonyl (C=O) groups is 4. The molecule has 0 radical (unpaired) electrons. The van der Waals surface area contributed by atoms with Crippen LogP contribution in [0.2, 0.25) is 0 Å². The van der Waals surface area contributed by atoms with Crippen LogP contribution in [-0.4, -0.2) is 57.4 Å². The number of carboxylic acids is 3. The summed E-state index contributed by atoms with van der Waals surface area (Å²) in [6, 6.07) is 0. The highest BCUT2D eigenvalue weighted by atomic mass is 79.9. The van der Waals surface area contributed by atoms with Crippen molar-refractivity contribution in [2.75, 3.05) is 7.11 Å². The van der Waals surface area contributed by atoms with Gasteiger partial charge in [0, 0.05) is 18.3 Å². The lowest BCUT2D eigenvalue weighted by molar-refractivity contribution is -0.181. The molecule has 1 aliphatic heterocycles. The molecular weight excluding hydrogens is 380 g/mol. The molecule has 0 aromatic rings. The van der Waals surface area contributed by atoms with Gasteiger partial charge in [-0.3, -0.25) is 14.4 Å². The Morgan fingerprint density at radius 1 is 0.913 bits per heavy atom. The van der Waals surface area contributed by atoms with Gasteiger partial charge in [-0.25, -0.2) is 4.79 Å². The van der Waals surface area contributed by atoms with Crippen LogP contribution in [0.15, 0.2) is 0 Å². The van der Waals surface area contributed by atoms with Crippen LogP contribution in [0.1, 0.15) is 19.3 Å². The predicted molar refractivity (Wildman–Crippen MR) is 76.8 cm³/mol. The van der Waals surface area contributed by atoms with Crippen molar-refractivity contribution >= 4 is 39.8 Å². The lowest BCUT2D eigenvalue weighted by Gasteiger charge is -2.43. The number of hydrogen-bond donors (Lipinski definition) is 3. The molecule has 23 heavy (non-hydrogen) atoms. The molecule has 1 saturated heterocycles. The molecular formula is C13H17BrO9. The van der Waals surface area contributed by atoms with Crippen LogP contribution in [0, 0.1) is 17.8 Å². The molecule has 3 N–H and O–H groups in total. The van der Waals surface area contributed by atoms with Crippen molar-refractivity contribution in [3.8, 4) is 0 Å². The zero-order valence-corrected chi connectivity index (χ0v) is 13.8. The smallest absolute Gasteiger partial charge is 0.335 e. The van der Waals surface area contributed by atoms with Gasteiger partial charge in [0.1, 0.15) is 5.01 Å². The molecule has 0 saturated carbocycles. The second-order valence-electron chi connectivity index (χ2n) is 5.22. The van der Waals surface area contributed by atoms with Gasteiger partial charge in [-0.05, 0) is 5.92 Å². The van der Waals surface area contributed by atoms with Crippen molar-refractivity contribution in [2.45, 2.75) is 30.4 Å². The molecule has 0 spiro atoms. The molecule has 0 aromatic carbocycles. The van der Waals surface area contributed by atoms with Gasteiger partial charge in [-0.15, -0.1) is 0 Å². The topological polar surface area (TPSA) is 147 Å². The monoisotopic (exact) mass is 396 g/mol. The van der Waals surface area contributed by atoms with Crippen molar-refractivity contribution < 1.29 is 44.0 Å². The third-order valence-corrected chi connectivity index (χ3v) is 4.66. The summed E-state index contributed by atoms with van der Waals surface area (Å²) in [5.41, 5.74) is 0. The number of aliphatic carboxylic acids is 3. The number of carbonyl (C=O) groups excluding carboxylic acids is 1. The predicted octanol–water partition coefficient (Wildman–Crippen LogP) is 0.552. The Morgan fingerprint density at radius 2 is 1.35 bits per heavy atom. The maximum absolute atomic E-state index is 11.8. The van der Waals surface area contributed by atoms with Crippen LogP contribution < -0.4 is 0 Å². The lowest BCUT2D eigenvalue weighted by atomic mass is 9.72. The zero-order chi connectivity index (χ0) is 17.7. The van der Waals surface area contributed by atoms with Gasteiger partial charge in [0.05, 0.1) is 20.0 Å². The quantitative estimate of drug-likeness (QED) is 0.414. The number of ether oxygens (including phenoxy) is 2. The second kappa shape index (κ2) is 8.25. The summed E-state index contributed by atoms with van der Waals surface area (Å²) in [7, 11) is 1.10. The highest BCUT2D eigenvalue weighted by Gasteiger charge is 2.49. The highest BCUT2D eigenvalue weighted by Crippen LogP contribution is 2.43. The summed E-state index contributed by atoms with van der Waals surface area (Å²) >= 11 is 3.11. The van der Waals surface area contributed by atoms with E-state index in [2.05, 4.69) is 20.7 Å². The van der Waals surface area contributed by atoms with Crippen molar-refractivity contribution in [3.05, 3.63) is 0 Å². The van der Waals surface area contributed by atoms with Crippen LogP contribution >= 0.6 is 15.9 Å². The zero-order valence-electron chi connectivity index (χ0n) is 12.2. The normalized spacial score (nSPS) is 30.4. The average molecular weight is 397 g/mol. The van der Waals surface area contributed by atoms with E-state index >= 15 is 0 Å². The van der Waals surface area contributed by atoms with E-state index in [9.17, 15) is 19.2 Å². The number of halogens is 1. The Kier molecular flexibility index (Phi) is 6.95. The fourth-order valence-electron chi connectivity index (χ4n) is 2.83. The van der Waals surface area contributed by atoms with E-state index in [1.165, 1.54) is 0 Å². The summed E-state index contributed by atoms with van der Waals surface area (Å²) in [5, 5.41) is 26.2. The maximum atomic E-state index is 11.8. The van der Waals surface area contributed by atoms with Crippen LogP contribution in [0.4, 0.5) is 0 Å². The SMILES string of the molecule is COC(=O)C1O[C@H](Br)[C@H](CC(=O)O)C(CC(=O)O)[C@@H]1CC(=O)O. The number of hydrogen-bond acceptors (Lipinski definition) is 6. The molecule has 1 aliphatic rings. The van der Waals surface area contributed by atoms with Gasteiger partial charge in [0.25, 0.3) is 0 Å². The molecule has 1 rings (SSSR count). The molecule has 10 heteroatoms. The Morgan fingerprint density at radius 3 is 1.78 bits per heavy atom. The standard InChI is InChI=1S/C13H17BrO9/c1-22-13(21)11-6(3-9(17)18)5(2-8(15)16)7(4-10(19)20)12(14)23-11/h5-7,11-12H,2-4H2,1H3,(H,15,16)(H,17,18)(H,19,20)/t5?,6-,7+,11?,12-/m0/s1. The number of rotatable bonds is 7. The number of esters is 1. The third kappa shape index (κ3) is 5.17. The Bertz CT molecular complexity index is 492. The number of alkyl halides is 1. The molecule has 1 fully saturated rings. The Hall–Kier alpha value is -1.68. The summed E-state index contributed by atoms with van der Waals surface area (Å²) in [5.74, 6) is -7.14. The van der Waals surface area contributed by atoms with Gasteiger partial charge < -0.3 is 24.8 Å². The summed E-state index contributed by atoms with van der Waals surface area (Å²) in [4.78, 5) is 45.1. The molecule has 2 unspecified atom stereocenters. The van der Waals surface area contributed by atoms with E-state index in [4.69, 9.17) is 20.1 Å². The van der Waals surface area contributed by atoms with Gasteiger partial charge in [-0.2, -0.15) is 0 Å². The molecule has 0 aromatic heterocycles. The minimum absolute atomic E-state index is 0.419. The van der Waals surface area contributed by atoms with Gasteiger partial charge in [0.15, 0.2) is 6.10 Å². The Balaban J connectivity index is 3.21. The van der Waals surface area contributed by atoms with Crippen LogP contribution in [0.3, 0.4) is 0 Å². The first-order valence-corrected chi connectivity index (χ1v) is 7.61. The van der Waals surface area contributed by atoms with Crippen molar-refractivity contribution in [2.24, 2.45) is 17.8 Å². The first kappa shape index (κ1) is 19.4. The molecule has 1 heterocycles. The summed E-state index contributed by atoms with van der Waals surface area (Å²) in [6.07, 6.45) is -2.71. The van der Waals surface area contributed by atoms with Crippen molar-refractivity contribution in [3.63, 3.8) is 0 Å². The molecule has 130 valence electrons. The van der Waals surface area contributed by atoms with E-state index in [1.807, 2.05) is 0 Å². The lowest BCUT2D eigenvalue weighted by Crippen LogP contribution is -2.51. The van der Waals surface area contributed by atoms with Crippen molar-refractivity contribution in [1.82, 2.24) is 0 Å². The fraction of sp³-hybridized carbons (Fsp3) is 0.692. The molecule has 5 atom stereocenters. The fourth-order valence-corrected chi connectivity index (χ4v) is 3.65. The average Bonchev–Trinajstić information content (AvgIpc) is 2.43. The molecule has 0 bridgehead atoms. The minimum Gasteiger partial charge on any atom is -0.481 e. The van der Waals surface area contributed by atoms with Gasteiger partial charge in [-0.1, -0.05) is 15.9 Å². The van der Waals surface area contributed by atoms with Crippen LogP contribution in [0.5, 0.6) is 0 Å². The van der Waals surface area contributed by atoms with Gasteiger partial charge >= 0.3 is 23.9 Å². The van der Waals surface area contributed by atoms with E-state index < -0.39 is 72.0 Å². The summed E-state index contributed by atoms with van der Waals surface area (Å²) in [6.45, 7) is 0. The molecule has 0 amide bonds. The molecule has 9 nitrogen and oxygen atoms in total. The van der Waals surface area contributed by atoms with Crippen LogP contribution in [-0.2, 0) is 28.7 Å². The largest absolute Gasteiger partial charge is 0.481 e.